The Balaban J connectivity index is 1.42. The number of hydrogen-bond donors (Lipinski definition) is 1. The number of carboxylic acid groups (broad SMARTS) is 1. The van der Waals surface area contributed by atoms with E-state index in [0.717, 1.165) is 23.4 Å². The molecule has 3 heterocycles. The summed E-state index contributed by atoms with van der Waals surface area (Å²) in [4.78, 5) is 30.8. The van der Waals surface area contributed by atoms with Crippen LogP contribution in [0.4, 0.5) is 0 Å². The van der Waals surface area contributed by atoms with Crippen molar-refractivity contribution in [1.82, 2.24) is 14.3 Å². The number of carbonyl (C=O) groups excluding carboxylic acids is 1. The van der Waals surface area contributed by atoms with E-state index < -0.39 is 5.97 Å². The zero-order valence-electron chi connectivity index (χ0n) is 13.5. The Kier molecular flexibility index (Phi) is 4.01. The van der Waals surface area contributed by atoms with E-state index in [-0.39, 0.29) is 5.91 Å². The Labute approximate surface area is 148 Å². The van der Waals surface area contributed by atoms with Gasteiger partial charge in [-0.2, -0.15) is 0 Å². The fraction of sp³-hybridized carbons (Fsp3) is 0.278. The molecule has 0 saturated carbocycles. The molecule has 0 aliphatic carbocycles. The van der Waals surface area contributed by atoms with Crippen LogP contribution in [0.1, 0.15) is 32.8 Å². The first kappa shape index (κ1) is 15.8. The number of fused-ring (bicyclic) bond motifs is 1. The summed E-state index contributed by atoms with van der Waals surface area (Å²) in [5.41, 5.74) is 1.79. The van der Waals surface area contributed by atoms with E-state index in [1.807, 2.05) is 26.9 Å². The second kappa shape index (κ2) is 6.33. The topological polar surface area (TPSA) is 74.9 Å². The number of aromatic carboxylic acids is 1. The van der Waals surface area contributed by atoms with E-state index in [1.165, 1.54) is 11.3 Å². The molecular formula is C18H17N3O3S. The molecule has 25 heavy (non-hydrogen) atoms. The predicted octanol–water partition coefficient (Wildman–Crippen LogP) is 2.80. The summed E-state index contributed by atoms with van der Waals surface area (Å²) in [6.45, 7) is 1.40. The highest BCUT2D eigenvalue weighted by molar-refractivity contribution is 7.15. The van der Waals surface area contributed by atoms with Crippen molar-refractivity contribution in [3.05, 3.63) is 58.9 Å². The average molecular weight is 355 g/mol. The third-order valence-corrected chi connectivity index (χ3v) is 5.35. The van der Waals surface area contributed by atoms with Gasteiger partial charge in [-0.3, -0.25) is 9.20 Å². The SMILES string of the molecule is O=C(O)c1cccc(CC2CCN(C(=O)c3cn4ccsc4n3)C2)c1. The predicted molar refractivity (Wildman–Crippen MR) is 94.2 cm³/mol. The van der Waals surface area contributed by atoms with Crippen LogP contribution in [0.15, 0.2) is 42.0 Å². The van der Waals surface area contributed by atoms with E-state index in [4.69, 9.17) is 5.11 Å². The molecule has 7 heteroatoms. The van der Waals surface area contributed by atoms with Gasteiger partial charge in [0.05, 0.1) is 5.56 Å². The molecule has 2 aromatic heterocycles. The zero-order valence-corrected chi connectivity index (χ0v) is 14.3. The molecule has 1 unspecified atom stereocenters. The second-order valence-electron chi connectivity index (χ2n) is 6.33. The summed E-state index contributed by atoms with van der Waals surface area (Å²) in [7, 11) is 0. The van der Waals surface area contributed by atoms with Crippen LogP contribution in [0.5, 0.6) is 0 Å². The largest absolute Gasteiger partial charge is 0.478 e. The molecule has 1 atom stereocenters. The highest BCUT2D eigenvalue weighted by Gasteiger charge is 2.28. The van der Waals surface area contributed by atoms with Gasteiger partial charge in [0.1, 0.15) is 5.69 Å². The van der Waals surface area contributed by atoms with Gasteiger partial charge in [-0.25, -0.2) is 9.78 Å². The van der Waals surface area contributed by atoms with E-state index in [0.29, 0.717) is 30.3 Å². The van der Waals surface area contributed by atoms with Gasteiger partial charge in [0.15, 0.2) is 4.96 Å². The lowest BCUT2D eigenvalue weighted by Crippen LogP contribution is -2.29. The number of thiazole rings is 1. The standard InChI is InChI=1S/C18H17N3O3S/c22-16(15-11-21-6-7-25-18(21)19-15)20-5-4-13(10-20)8-12-2-1-3-14(9-12)17(23)24/h1-3,6-7,9,11,13H,4-5,8,10H2,(H,23,24). The lowest BCUT2D eigenvalue weighted by atomic mass is 9.97. The quantitative estimate of drug-likeness (QED) is 0.781. The molecule has 0 spiro atoms. The third-order valence-electron chi connectivity index (χ3n) is 4.58. The first-order valence-electron chi connectivity index (χ1n) is 8.14. The van der Waals surface area contributed by atoms with Gasteiger partial charge < -0.3 is 10.0 Å². The van der Waals surface area contributed by atoms with E-state index in [2.05, 4.69) is 4.98 Å². The van der Waals surface area contributed by atoms with Crippen molar-refractivity contribution < 1.29 is 14.7 Å². The Morgan fingerprint density at radius 1 is 1.36 bits per heavy atom. The minimum absolute atomic E-state index is 0.0299. The Bertz CT molecular complexity index is 917. The Morgan fingerprint density at radius 2 is 2.24 bits per heavy atom. The Morgan fingerprint density at radius 3 is 3.04 bits per heavy atom. The normalized spacial score (nSPS) is 17.3. The molecule has 1 fully saturated rings. The lowest BCUT2D eigenvalue weighted by molar-refractivity contribution is 0.0696. The van der Waals surface area contributed by atoms with Gasteiger partial charge in [0.25, 0.3) is 5.91 Å². The van der Waals surface area contributed by atoms with Gasteiger partial charge in [0.2, 0.25) is 0 Å². The summed E-state index contributed by atoms with van der Waals surface area (Å²) < 4.78 is 1.86. The summed E-state index contributed by atoms with van der Waals surface area (Å²) in [5.74, 6) is -0.598. The molecule has 1 saturated heterocycles. The number of carboxylic acids is 1. The summed E-state index contributed by atoms with van der Waals surface area (Å²) in [5, 5.41) is 11.0. The first-order valence-corrected chi connectivity index (χ1v) is 9.02. The highest BCUT2D eigenvalue weighted by Crippen LogP contribution is 2.23. The van der Waals surface area contributed by atoms with Gasteiger partial charge in [0, 0.05) is 30.9 Å². The molecule has 0 bridgehead atoms. The molecule has 1 aromatic carbocycles. The van der Waals surface area contributed by atoms with Gasteiger partial charge >= 0.3 is 5.97 Å². The van der Waals surface area contributed by atoms with Gasteiger partial charge in [-0.1, -0.05) is 12.1 Å². The summed E-state index contributed by atoms with van der Waals surface area (Å²) >= 11 is 1.51. The lowest BCUT2D eigenvalue weighted by Gasteiger charge is -2.15. The average Bonchev–Trinajstić information content (AvgIpc) is 3.30. The van der Waals surface area contributed by atoms with Crippen LogP contribution in [0.3, 0.4) is 0 Å². The number of amides is 1. The van der Waals surface area contributed by atoms with E-state index in [1.54, 1.807) is 24.4 Å². The number of hydrogen-bond acceptors (Lipinski definition) is 4. The smallest absolute Gasteiger partial charge is 0.335 e. The van der Waals surface area contributed by atoms with Crippen LogP contribution in [0.2, 0.25) is 0 Å². The minimum atomic E-state index is -0.912. The van der Waals surface area contributed by atoms with Crippen molar-refractivity contribution in [2.75, 3.05) is 13.1 Å². The van der Waals surface area contributed by atoms with Crippen molar-refractivity contribution in [1.29, 1.82) is 0 Å². The fourth-order valence-electron chi connectivity index (χ4n) is 3.34. The molecule has 6 nitrogen and oxygen atoms in total. The molecule has 1 aliphatic rings. The number of benzene rings is 1. The molecule has 1 amide bonds. The fourth-order valence-corrected chi connectivity index (χ4v) is 4.04. The maximum atomic E-state index is 12.6. The molecule has 4 rings (SSSR count). The van der Waals surface area contributed by atoms with Crippen molar-refractivity contribution in [3.8, 4) is 0 Å². The molecule has 128 valence electrons. The van der Waals surface area contributed by atoms with Crippen LogP contribution in [-0.2, 0) is 6.42 Å². The number of aromatic nitrogens is 2. The Hall–Kier alpha value is -2.67. The molecule has 0 radical (unpaired) electrons. The van der Waals surface area contributed by atoms with E-state index in [9.17, 15) is 9.59 Å². The van der Waals surface area contributed by atoms with Crippen LogP contribution in [0.25, 0.3) is 4.96 Å². The number of likely N-dealkylation sites (tertiary alicyclic amines) is 1. The number of imidazole rings is 1. The highest BCUT2D eigenvalue weighted by atomic mass is 32.1. The van der Waals surface area contributed by atoms with E-state index >= 15 is 0 Å². The van der Waals surface area contributed by atoms with Crippen molar-refractivity contribution in [2.45, 2.75) is 12.8 Å². The maximum absolute atomic E-state index is 12.6. The van der Waals surface area contributed by atoms with Crippen molar-refractivity contribution in [2.24, 2.45) is 5.92 Å². The maximum Gasteiger partial charge on any atom is 0.335 e. The molecule has 3 aromatic rings. The van der Waals surface area contributed by atoms with Crippen LogP contribution in [0, 0.1) is 5.92 Å². The molecule has 1 N–H and O–H groups in total. The second-order valence-corrected chi connectivity index (χ2v) is 7.21. The molecule has 1 aliphatic heterocycles. The minimum Gasteiger partial charge on any atom is -0.478 e. The first-order chi connectivity index (χ1) is 12.1. The third kappa shape index (κ3) is 3.15. The number of rotatable bonds is 4. The van der Waals surface area contributed by atoms with Gasteiger partial charge in [-0.15, -0.1) is 11.3 Å². The van der Waals surface area contributed by atoms with Crippen LogP contribution < -0.4 is 0 Å². The van der Waals surface area contributed by atoms with Crippen LogP contribution in [-0.4, -0.2) is 44.4 Å². The van der Waals surface area contributed by atoms with Crippen LogP contribution >= 0.6 is 11.3 Å². The number of carbonyl (C=O) groups is 2. The monoisotopic (exact) mass is 355 g/mol. The molecular weight excluding hydrogens is 338 g/mol. The van der Waals surface area contributed by atoms with Gasteiger partial charge in [-0.05, 0) is 36.5 Å². The zero-order chi connectivity index (χ0) is 17.4. The number of nitrogens with zero attached hydrogens (tertiary/aromatic N) is 3. The summed E-state index contributed by atoms with van der Waals surface area (Å²) in [6, 6.07) is 7.03. The summed E-state index contributed by atoms with van der Waals surface area (Å²) in [6.07, 6.45) is 5.37. The van der Waals surface area contributed by atoms with Crippen molar-refractivity contribution in [3.63, 3.8) is 0 Å². The van der Waals surface area contributed by atoms with Crippen molar-refractivity contribution >= 4 is 28.2 Å².